The van der Waals surface area contributed by atoms with Crippen LogP contribution in [-0.4, -0.2) is 5.33 Å². The second kappa shape index (κ2) is 4.16. The average molecular weight is 238 g/mol. The van der Waals surface area contributed by atoms with Crippen LogP contribution >= 0.6 is 38.9 Å². The monoisotopic (exact) mass is 236 g/mol. The van der Waals surface area contributed by atoms with Gasteiger partial charge in [0.05, 0.1) is 4.34 Å². The molecule has 0 aliphatic rings. The van der Waals surface area contributed by atoms with Crippen molar-refractivity contribution in [3.8, 4) is 0 Å². The van der Waals surface area contributed by atoms with Crippen LogP contribution in [0.1, 0.15) is 4.88 Å². The van der Waals surface area contributed by atoms with E-state index >= 15 is 0 Å². The second-order valence-corrected chi connectivity index (χ2v) is 4.09. The zero-order valence-electron chi connectivity index (χ0n) is 5.18. The van der Waals surface area contributed by atoms with Gasteiger partial charge in [0, 0.05) is 10.2 Å². The molecule has 0 nitrogen and oxygen atoms in total. The molecule has 1 heterocycles. The summed E-state index contributed by atoms with van der Waals surface area (Å²) in [6.07, 6.45) is 4.09. The Hall–Kier alpha value is 0.210. The molecule has 0 atom stereocenters. The van der Waals surface area contributed by atoms with E-state index in [0.29, 0.717) is 0 Å². The molecule has 54 valence electrons. The minimum absolute atomic E-state index is 0.842. The van der Waals surface area contributed by atoms with Gasteiger partial charge < -0.3 is 0 Å². The van der Waals surface area contributed by atoms with Crippen molar-refractivity contribution in [3.63, 3.8) is 0 Å². The van der Waals surface area contributed by atoms with E-state index in [-0.39, 0.29) is 0 Å². The molecule has 0 unspecified atom stereocenters. The van der Waals surface area contributed by atoms with Crippen molar-refractivity contribution in [2.45, 2.75) is 0 Å². The molecule has 0 aliphatic carbocycles. The summed E-state index contributed by atoms with van der Waals surface area (Å²) in [5.74, 6) is 0. The second-order valence-electron chi connectivity index (χ2n) is 1.70. The van der Waals surface area contributed by atoms with Crippen molar-refractivity contribution < 1.29 is 0 Å². The minimum atomic E-state index is 0.842. The van der Waals surface area contributed by atoms with Crippen LogP contribution in [-0.2, 0) is 0 Å². The highest BCUT2D eigenvalue weighted by Gasteiger charge is 1.90. The van der Waals surface area contributed by atoms with Gasteiger partial charge in [0.25, 0.3) is 0 Å². The van der Waals surface area contributed by atoms with Gasteiger partial charge in [-0.05, 0) is 18.2 Å². The van der Waals surface area contributed by atoms with Crippen LogP contribution < -0.4 is 0 Å². The lowest BCUT2D eigenvalue weighted by Gasteiger charge is -1.78. The average Bonchev–Trinajstić information content (AvgIpc) is 2.31. The van der Waals surface area contributed by atoms with Gasteiger partial charge in [-0.1, -0.05) is 33.6 Å². The van der Waals surface area contributed by atoms with E-state index in [0.717, 1.165) is 9.67 Å². The quantitative estimate of drug-likeness (QED) is 0.686. The van der Waals surface area contributed by atoms with E-state index < -0.39 is 0 Å². The highest BCUT2D eigenvalue weighted by Crippen LogP contribution is 2.22. The Morgan fingerprint density at radius 1 is 1.60 bits per heavy atom. The molecule has 10 heavy (non-hydrogen) atoms. The van der Waals surface area contributed by atoms with Crippen molar-refractivity contribution >= 4 is 44.9 Å². The highest BCUT2D eigenvalue weighted by molar-refractivity contribution is 9.09. The number of allylic oxidation sites excluding steroid dienone is 1. The molecule has 0 aliphatic heterocycles. The zero-order valence-corrected chi connectivity index (χ0v) is 8.34. The predicted octanol–water partition coefficient (Wildman–Crippen LogP) is 3.81. The van der Waals surface area contributed by atoms with E-state index in [9.17, 15) is 0 Å². The largest absolute Gasteiger partial charge is 0.124 e. The predicted molar refractivity (Wildman–Crippen MR) is 52.2 cm³/mol. The van der Waals surface area contributed by atoms with Crippen molar-refractivity contribution in [1.29, 1.82) is 0 Å². The van der Waals surface area contributed by atoms with E-state index in [1.807, 2.05) is 24.3 Å². The lowest BCUT2D eigenvalue weighted by Crippen LogP contribution is -1.57. The van der Waals surface area contributed by atoms with Gasteiger partial charge >= 0.3 is 0 Å². The Morgan fingerprint density at radius 3 is 2.90 bits per heavy atom. The maximum absolute atomic E-state index is 5.71. The lowest BCUT2D eigenvalue weighted by molar-refractivity contribution is 1.84. The summed E-state index contributed by atoms with van der Waals surface area (Å²) in [4.78, 5) is 1.20. The summed E-state index contributed by atoms with van der Waals surface area (Å²) < 4.78 is 0.842. The fourth-order valence-electron chi connectivity index (χ4n) is 0.579. The summed E-state index contributed by atoms with van der Waals surface area (Å²) in [6.45, 7) is 0. The van der Waals surface area contributed by atoms with Crippen LogP contribution in [0.2, 0.25) is 4.34 Å². The molecule has 1 aromatic heterocycles. The molecule has 0 radical (unpaired) electrons. The van der Waals surface area contributed by atoms with E-state index in [2.05, 4.69) is 15.9 Å². The first-order valence-electron chi connectivity index (χ1n) is 2.81. The number of alkyl halides is 1. The number of rotatable bonds is 2. The molecule has 3 heteroatoms. The van der Waals surface area contributed by atoms with Gasteiger partial charge in [-0.25, -0.2) is 0 Å². The Morgan fingerprint density at radius 2 is 2.40 bits per heavy atom. The maximum atomic E-state index is 5.71. The molecule has 0 spiro atoms. The van der Waals surface area contributed by atoms with Crippen LogP contribution in [0.4, 0.5) is 0 Å². The van der Waals surface area contributed by atoms with Crippen LogP contribution in [0.15, 0.2) is 18.2 Å². The van der Waals surface area contributed by atoms with E-state index in [1.165, 1.54) is 4.88 Å². The summed E-state index contributed by atoms with van der Waals surface area (Å²) in [6, 6.07) is 3.91. The molecule has 0 N–H and O–H groups in total. The molecule has 1 aromatic rings. The molecule has 0 aromatic carbocycles. The normalized spacial score (nSPS) is 11.0. The Labute approximate surface area is 77.6 Å². The van der Waals surface area contributed by atoms with Gasteiger partial charge in [0.1, 0.15) is 0 Å². The number of halogens is 2. The molecular formula is C7H6BrClS. The SMILES string of the molecule is Clc1ccc(/C=C/CBr)s1. The number of thiophene rings is 1. The summed E-state index contributed by atoms with van der Waals surface area (Å²) >= 11 is 10.6. The highest BCUT2D eigenvalue weighted by atomic mass is 79.9. The lowest BCUT2D eigenvalue weighted by atomic mass is 10.4. The topological polar surface area (TPSA) is 0 Å². The van der Waals surface area contributed by atoms with Gasteiger partial charge in [-0.2, -0.15) is 0 Å². The van der Waals surface area contributed by atoms with Crippen LogP contribution in [0, 0.1) is 0 Å². The first kappa shape index (κ1) is 8.31. The molecular weight excluding hydrogens is 232 g/mol. The zero-order chi connectivity index (χ0) is 7.40. The first-order valence-corrected chi connectivity index (χ1v) is 5.12. The van der Waals surface area contributed by atoms with Gasteiger partial charge in [0.2, 0.25) is 0 Å². The number of hydrogen-bond acceptors (Lipinski definition) is 1. The number of hydrogen-bond donors (Lipinski definition) is 0. The van der Waals surface area contributed by atoms with E-state index in [1.54, 1.807) is 11.3 Å². The molecule has 0 saturated carbocycles. The summed E-state index contributed by atoms with van der Waals surface area (Å²) in [5, 5.41) is 0.891. The summed E-state index contributed by atoms with van der Waals surface area (Å²) in [5.41, 5.74) is 0. The smallest absolute Gasteiger partial charge is 0.0934 e. The fourth-order valence-corrected chi connectivity index (χ4v) is 1.76. The fraction of sp³-hybridized carbons (Fsp3) is 0.143. The molecule has 0 saturated heterocycles. The molecule has 1 rings (SSSR count). The van der Waals surface area contributed by atoms with Crippen LogP contribution in [0.25, 0.3) is 6.08 Å². The van der Waals surface area contributed by atoms with Crippen molar-refractivity contribution in [3.05, 3.63) is 27.4 Å². The van der Waals surface area contributed by atoms with Gasteiger partial charge in [-0.3, -0.25) is 0 Å². The van der Waals surface area contributed by atoms with Crippen molar-refractivity contribution in [1.82, 2.24) is 0 Å². The molecule has 0 bridgehead atoms. The van der Waals surface area contributed by atoms with Gasteiger partial charge in [-0.15, -0.1) is 11.3 Å². The third kappa shape index (κ3) is 2.45. The van der Waals surface area contributed by atoms with Crippen LogP contribution in [0.3, 0.4) is 0 Å². The van der Waals surface area contributed by atoms with Gasteiger partial charge in [0.15, 0.2) is 0 Å². The van der Waals surface area contributed by atoms with Crippen LogP contribution in [0.5, 0.6) is 0 Å². The Kier molecular flexibility index (Phi) is 3.46. The van der Waals surface area contributed by atoms with E-state index in [4.69, 9.17) is 11.6 Å². The maximum Gasteiger partial charge on any atom is 0.0934 e. The summed E-state index contributed by atoms with van der Waals surface area (Å²) in [7, 11) is 0. The Balaban J connectivity index is 2.67. The standard InChI is InChI=1S/C7H6BrClS/c8-5-1-2-6-3-4-7(9)10-6/h1-4H,5H2/b2-1+. The molecule has 0 fully saturated rings. The third-order valence-corrected chi connectivity index (χ3v) is 2.54. The van der Waals surface area contributed by atoms with Crippen molar-refractivity contribution in [2.75, 3.05) is 5.33 Å². The Bertz CT molecular complexity index is 229. The first-order chi connectivity index (χ1) is 4.83. The molecule has 0 amide bonds. The van der Waals surface area contributed by atoms with Crippen molar-refractivity contribution in [2.24, 2.45) is 0 Å². The third-order valence-electron chi connectivity index (χ3n) is 0.965. The minimum Gasteiger partial charge on any atom is -0.124 e.